The lowest BCUT2D eigenvalue weighted by Gasteiger charge is -2.26. The number of carbonyl (C=O) groups excluding carboxylic acids is 1. The third-order valence-corrected chi connectivity index (χ3v) is 5.01. The van der Waals surface area contributed by atoms with Crippen molar-refractivity contribution in [3.05, 3.63) is 0 Å². The number of hydrogen-bond acceptors (Lipinski definition) is 4. The van der Waals surface area contributed by atoms with Gasteiger partial charge in [-0.3, -0.25) is 4.79 Å². The van der Waals surface area contributed by atoms with Gasteiger partial charge in [0.1, 0.15) is 5.78 Å². The summed E-state index contributed by atoms with van der Waals surface area (Å²) in [5.74, 6) is 1.14. The number of carbonyl (C=O) groups is 1. The summed E-state index contributed by atoms with van der Waals surface area (Å²) in [4.78, 5) is 14.0. The number of ether oxygens (including phenoxy) is 2. The van der Waals surface area contributed by atoms with Crippen molar-refractivity contribution >= 4 is 5.78 Å². The molecule has 4 nitrogen and oxygen atoms in total. The number of hydrogen-bond donors (Lipinski definition) is 0. The Labute approximate surface area is 149 Å². The minimum absolute atomic E-state index is 0.248. The van der Waals surface area contributed by atoms with Crippen LogP contribution in [0.5, 0.6) is 0 Å². The molecule has 0 amide bonds. The molecule has 1 aliphatic carbocycles. The van der Waals surface area contributed by atoms with Gasteiger partial charge in [-0.05, 0) is 38.8 Å². The summed E-state index contributed by atoms with van der Waals surface area (Å²) >= 11 is 0. The lowest BCUT2D eigenvalue weighted by molar-refractivity contribution is -0.126. The van der Waals surface area contributed by atoms with E-state index in [4.69, 9.17) is 9.47 Å². The lowest BCUT2D eigenvalue weighted by Crippen LogP contribution is -2.32. The van der Waals surface area contributed by atoms with E-state index < -0.39 is 0 Å². The van der Waals surface area contributed by atoms with Gasteiger partial charge in [0.15, 0.2) is 0 Å². The zero-order valence-electron chi connectivity index (χ0n) is 16.2. The molecule has 0 atom stereocenters. The highest BCUT2D eigenvalue weighted by Gasteiger charge is 2.22. The topological polar surface area (TPSA) is 38.8 Å². The molecule has 0 aromatic carbocycles. The Morgan fingerprint density at radius 1 is 0.958 bits per heavy atom. The molecule has 0 radical (unpaired) electrons. The number of nitrogens with zero attached hydrogens (tertiary/aromatic N) is 1. The van der Waals surface area contributed by atoms with Crippen molar-refractivity contribution < 1.29 is 14.3 Å². The number of methoxy groups -OCH3 is 1. The number of rotatable bonds is 8. The van der Waals surface area contributed by atoms with Crippen molar-refractivity contribution in [1.29, 1.82) is 0 Å². The van der Waals surface area contributed by atoms with E-state index in [0.717, 1.165) is 32.6 Å². The molecule has 24 heavy (non-hydrogen) atoms. The molecule has 142 valence electrons. The number of likely N-dealkylation sites (tertiary alicyclic amines) is 1. The molecule has 2 fully saturated rings. The van der Waals surface area contributed by atoms with Crippen LogP contribution in [0.2, 0.25) is 0 Å². The number of ketones is 1. The highest BCUT2D eigenvalue weighted by molar-refractivity contribution is 5.82. The van der Waals surface area contributed by atoms with E-state index in [9.17, 15) is 4.79 Å². The molecular formula is C20H39NO3. The molecule has 0 aromatic heterocycles. The fourth-order valence-electron chi connectivity index (χ4n) is 3.48. The van der Waals surface area contributed by atoms with E-state index >= 15 is 0 Å². The van der Waals surface area contributed by atoms with Crippen molar-refractivity contribution in [3.8, 4) is 0 Å². The Bertz CT molecular complexity index is 308. The smallest absolute Gasteiger partial charge is 0.138 e. The highest BCUT2D eigenvalue weighted by Crippen LogP contribution is 2.26. The van der Waals surface area contributed by atoms with Crippen molar-refractivity contribution in [2.75, 3.05) is 46.6 Å². The minimum Gasteiger partial charge on any atom is -0.382 e. The fourth-order valence-corrected chi connectivity index (χ4v) is 3.48. The highest BCUT2D eigenvalue weighted by atomic mass is 16.5. The Morgan fingerprint density at radius 2 is 1.58 bits per heavy atom. The Hall–Kier alpha value is -0.450. The molecule has 1 aliphatic heterocycles. The monoisotopic (exact) mass is 341 g/mol. The maximum Gasteiger partial charge on any atom is 0.138 e. The average molecular weight is 342 g/mol. The summed E-state index contributed by atoms with van der Waals surface area (Å²) in [5, 5.41) is 0. The average Bonchev–Trinajstić information content (AvgIpc) is 2.63. The second-order valence-corrected chi connectivity index (χ2v) is 7.40. The third kappa shape index (κ3) is 9.75. The van der Waals surface area contributed by atoms with Gasteiger partial charge in [0.25, 0.3) is 0 Å². The van der Waals surface area contributed by atoms with Gasteiger partial charge in [-0.25, -0.2) is 0 Å². The van der Waals surface area contributed by atoms with Crippen LogP contribution in [0.25, 0.3) is 0 Å². The summed E-state index contributed by atoms with van der Waals surface area (Å²) in [6.07, 6.45) is 10.3. The Kier molecular flexibility index (Phi) is 12.4. The molecule has 1 saturated carbocycles. The predicted molar refractivity (Wildman–Crippen MR) is 99.4 cm³/mol. The summed E-state index contributed by atoms with van der Waals surface area (Å²) in [7, 11) is 1.70. The molecule has 4 heteroatoms. The lowest BCUT2D eigenvalue weighted by atomic mass is 9.83. The van der Waals surface area contributed by atoms with Crippen molar-refractivity contribution in [3.63, 3.8) is 0 Å². The first-order valence-corrected chi connectivity index (χ1v) is 9.98. The maximum atomic E-state index is 11.5. The minimum atomic E-state index is 0.248. The summed E-state index contributed by atoms with van der Waals surface area (Å²) in [6, 6.07) is 0. The van der Waals surface area contributed by atoms with Gasteiger partial charge in [0, 0.05) is 25.5 Å². The normalized spacial score (nSPS) is 19.8. The van der Waals surface area contributed by atoms with Gasteiger partial charge in [0.05, 0.1) is 19.8 Å². The first kappa shape index (κ1) is 21.6. The van der Waals surface area contributed by atoms with E-state index in [1.165, 1.54) is 51.6 Å². The van der Waals surface area contributed by atoms with Gasteiger partial charge in [-0.1, -0.05) is 39.5 Å². The molecule has 2 aliphatic rings. The summed E-state index contributed by atoms with van der Waals surface area (Å²) in [5.41, 5.74) is 0. The molecular weight excluding hydrogens is 302 g/mol. The second-order valence-electron chi connectivity index (χ2n) is 7.40. The molecule has 1 heterocycles. The van der Waals surface area contributed by atoms with E-state index in [0.29, 0.717) is 18.3 Å². The zero-order valence-corrected chi connectivity index (χ0v) is 16.2. The van der Waals surface area contributed by atoms with Crippen LogP contribution in [0.4, 0.5) is 0 Å². The first-order chi connectivity index (χ1) is 11.6. The maximum absolute atomic E-state index is 11.5. The van der Waals surface area contributed by atoms with E-state index in [2.05, 4.69) is 4.90 Å². The summed E-state index contributed by atoms with van der Waals surface area (Å²) < 4.78 is 10.3. The quantitative estimate of drug-likeness (QED) is 0.627. The van der Waals surface area contributed by atoms with Crippen LogP contribution in [0.1, 0.15) is 65.2 Å². The number of piperidine rings is 1. The largest absolute Gasteiger partial charge is 0.382 e. The Morgan fingerprint density at radius 3 is 2.17 bits per heavy atom. The molecule has 0 bridgehead atoms. The summed E-state index contributed by atoms with van der Waals surface area (Å²) in [6.45, 7) is 9.91. The fraction of sp³-hybridized carbons (Fsp3) is 0.950. The van der Waals surface area contributed by atoms with Crippen LogP contribution in [0.15, 0.2) is 0 Å². The van der Waals surface area contributed by atoms with Crippen LogP contribution in [-0.2, 0) is 14.3 Å². The van der Waals surface area contributed by atoms with E-state index in [1.807, 2.05) is 13.8 Å². The van der Waals surface area contributed by atoms with Gasteiger partial charge < -0.3 is 14.4 Å². The molecule has 0 aromatic rings. The Balaban J connectivity index is 0.000000243. The third-order valence-electron chi connectivity index (χ3n) is 5.01. The first-order valence-electron chi connectivity index (χ1n) is 9.98. The second kappa shape index (κ2) is 13.8. The molecule has 1 saturated heterocycles. The molecule has 0 spiro atoms. The molecule has 0 N–H and O–H groups in total. The molecule has 0 unspecified atom stereocenters. The zero-order chi connectivity index (χ0) is 17.6. The van der Waals surface area contributed by atoms with Gasteiger partial charge >= 0.3 is 0 Å². The van der Waals surface area contributed by atoms with Gasteiger partial charge in [0.2, 0.25) is 0 Å². The van der Waals surface area contributed by atoms with Gasteiger partial charge in [-0.15, -0.1) is 0 Å². The van der Waals surface area contributed by atoms with Crippen LogP contribution < -0.4 is 0 Å². The van der Waals surface area contributed by atoms with Gasteiger partial charge in [-0.2, -0.15) is 0 Å². The van der Waals surface area contributed by atoms with E-state index in [-0.39, 0.29) is 5.92 Å². The van der Waals surface area contributed by atoms with Crippen molar-refractivity contribution in [1.82, 2.24) is 4.90 Å². The van der Waals surface area contributed by atoms with Crippen LogP contribution >= 0.6 is 0 Å². The van der Waals surface area contributed by atoms with Crippen LogP contribution in [0, 0.1) is 11.8 Å². The van der Waals surface area contributed by atoms with Crippen LogP contribution in [0.3, 0.4) is 0 Å². The van der Waals surface area contributed by atoms with Crippen molar-refractivity contribution in [2.45, 2.75) is 65.2 Å². The predicted octanol–water partition coefficient (Wildman–Crippen LogP) is 3.93. The SMILES string of the molecule is CC(C)C(=O)C1CCCCC1.COCCOCCN1CCCCC1. The van der Waals surface area contributed by atoms with E-state index in [1.54, 1.807) is 7.11 Å². The standard InChI is InChI=1S/C10H21NO2.C10H18O/c1-12-9-10-13-8-7-11-5-3-2-4-6-11;1-8(2)10(11)9-6-4-3-5-7-9/h2-10H2,1H3;8-9H,3-7H2,1-2H3. The number of Topliss-reactive ketones (excluding diaryl/α,β-unsaturated/α-hetero) is 1. The van der Waals surface area contributed by atoms with Crippen molar-refractivity contribution in [2.24, 2.45) is 11.8 Å². The molecule has 2 rings (SSSR count). The van der Waals surface area contributed by atoms with Crippen LogP contribution in [-0.4, -0.2) is 57.2 Å².